The van der Waals surface area contributed by atoms with Crippen molar-refractivity contribution in [1.82, 2.24) is 5.32 Å². The number of halogens is 2. The maximum Gasteiger partial charge on any atom is 0.161 e. The van der Waals surface area contributed by atoms with E-state index in [1.54, 1.807) is 13.2 Å². The molecule has 28 heavy (non-hydrogen) atoms. The van der Waals surface area contributed by atoms with E-state index < -0.39 is 0 Å². The van der Waals surface area contributed by atoms with Gasteiger partial charge in [-0.2, -0.15) is 0 Å². The van der Waals surface area contributed by atoms with Gasteiger partial charge >= 0.3 is 0 Å². The van der Waals surface area contributed by atoms with E-state index in [9.17, 15) is 0 Å². The molecule has 0 unspecified atom stereocenters. The second-order valence-corrected chi connectivity index (χ2v) is 7.78. The summed E-state index contributed by atoms with van der Waals surface area (Å²) in [5.41, 5.74) is 2.14. The lowest BCUT2D eigenvalue weighted by Crippen LogP contribution is -2.14. The third kappa shape index (κ3) is 7.90. The fraction of sp³-hybridized carbons (Fsp3) is 0.478. The Morgan fingerprint density at radius 1 is 0.821 bits per heavy atom. The van der Waals surface area contributed by atoms with E-state index in [0.717, 1.165) is 24.4 Å². The first-order valence-corrected chi connectivity index (χ1v) is 10.8. The van der Waals surface area contributed by atoms with Crippen LogP contribution in [0.1, 0.15) is 56.6 Å². The molecular weight excluding hydrogens is 393 g/mol. The number of benzene rings is 2. The molecule has 0 saturated carbocycles. The topological polar surface area (TPSA) is 30.5 Å². The van der Waals surface area contributed by atoms with Gasteiger partial charge in [0.15, 0.2) is 11.5 Å². The molecule has 3 nitrogen and oxygen atoms in total. The van der Waals surface area contributed by atoms with E-state index in [2.05, 4.69) is 18.3 Å². The van der Waals surface area contributed by atoms with Crippen LogP contribution in [0, 0.1) is 0 Å². The van der Waals surface area contributed by atoms with Gasteiger partial charge in [0.2, 0.25) is 0 Å². The van der Waals surface area contributed by atoms with Crippen molar-refractivity contribution >= 4 is 23.2 Å². The molecule has 154 valence electrons. The predicted octanol–water partition coefficient (Wildman–Crippen LogP) is 7.03. The monoisotopic (exact) mass is 423 g/mol. The molecule has 0 heterocycles. The first-order chi connectivity index (χ1) is 13.6. The van der Waals surface area contributed by atoms with Crippen molar-refractivity contribution in [3.63, 3.8) is 0 Å². The fourth-order valence-corrected chi connectivity index (χ4v) is 3.32. The molecule has 2 aromatic carbocycles. The van der Waals surface area contributed by atoms with Crippen molar-refractivity contribution in [3.8, 4) is 11.5 Å². The van der Waals surface area contributed by atoms with Crippen LogP contribution in [0.2, 0.25) is 10.0 Å². The molecule has 0 aliphatic rings. The minimum Gasteiger partial charge on any atom is -0.493 e. The van der Waals surface area contributed by atoms with Gasteiger partial charge in [0.25, 0.3) is 0 Å². The van der Waals surface area contributed by atoms with E-state index in [1.807, 2.05) is 24.3 Å². The third-order valence-corrected chi connectivity index (χ3v) is 5.38. The lowest BCUT2D eigenvalue weighted by molar-refractivity contribution is 0.284. The molecule has 0 aliphatic carbocycles. The lowest BCUT2D eigenvalue weighted by atomic mass is 10.1. The number of methoxy groups -OCH3 is 1. The molecule has 2 aromatic rings. The highest BCUT2D eigenvalue weighted by Crippen LogP contribution is 2.29. The number of rotatable bonds is 13. The van der Waals surface area contributed by atoms with Crippen molar-refractivity contribution < 1.29 is 9.47 Å². The summed E-state index contributed by atoms with van der Waals surface area (Å²) in [4.78, 5) is 0. The summed E-state index contributed by atoms with van der Waals surface area (Å²) < 4.78 is 11.4. The molecule has 0 aromatic heterocycles. The highest BCUT2D eigenvalue weighted by atomic mass is 35.5. The normalized spacial score (nSPS) is 10.9. The van der Waals surface area contributed by atoms with E-state index in [-0.39, 0.29) is 0 Å². The van der Waals surface area contributed by atoms with Crippen molar-refractivity contribution in [2.45, 2.75) is 58.6 Å². The first kappa shape index (κ1) is 22.9. The van der Waals surface area contributed by atoms with Crippen LogP contribution in [0.3, 0.4) is 0 Å². The van der Waals surface area contributed by atoms with Crippen LogP contribution in [0.4, 0.5) is 0 Å². The van der Waals surface area contributed by atoms with Gasteiger partial charge in [-0.15, -0.1) is 0 Å². The van der Waals surface area contributed by atoms with Crippen molar-refractivity contribution in [2.24, 2.45) is 0 Å². The minimum absolute atomic E-state index is 0.406. The van der Waals surface area contributed by atoms with Gasteiger partial charge in [-0.25, -0.2) is 0 Å². The van der Waals surface area contributed by atoms with Crippen molar-refractivity contribution in [2.75, 3.05) is 13.7 Å². The highest BCUT2D eigenvalue weighted by molar-refractivity contribution is 6.42. The van der Waals surface area contributed by atoms with Crippen LogP contribution in [0.25, 0.3) is 0 Å². The number of nitrogens with one attached hydrogen (secondary N) is 1. The van der Waals surface area contributed by atoms with Crippen LogP contribution in [-0.2, 0) is 13.2 Å². The van der Waals surface area contributed by atoms with E-state index in [0.29, 0.717) is 22.4 Å². The molecule has 0 spiro atoms. The second-order valence-electron chi connectivity index (χ2n) is 6.97. The third-order valence-electron chi connectivity index (χ3n) is 4.64. The zero-order chi connectivity index (χ0) is 20.2. The molecule has 0 saturated heterocycles. The zero-order valence-corrected chi connectivity index (χ0v) is 18.4. The molecule has 0 atom stereocenters. The molecule has 0 aliphatic heterocycles. The van der Waals surface area contributed by atoms with Crippen LogP contribution in [0.15, 0.2) is 36.4 Å². The average molecular weight is 424 g/mol. The Bertz CT molecular complexity index is 722. The second kappa shape index (κ2) is 12.9. The summed E-state index contributed by atoms with van der Waals surface area (Å²) in [6, 6.07) is 11.5. The van der Waals surface area contributed by atoms with Gasteiger partial charge in [0.1, 0.15) is 6.61 Å². The Balaban J connectivity index is 1.78. The lowest BCUT2D eigenvalue weighted by Gasteiger charge is -2.13. The SMILES string of the molecule is CCCCCCCCNCc1ccc(OCc2ccc(Cl)c(Cl)c2)c(OC)c1. The van der Waals surface area contributed by atoms with Crippen LogP contribution >= 0.6 is 23.2 Å². The summed E-state index contributed by atoms with van der Waals surface area (Å²) in [6.07, 6.45) is 7.88. The van der Waals surface area contributed by atoms with Crippen LogP contribution in [-0.4, -0.2) is 13.7 Å². The Morgan fingerprint density at radius 3 is 2.32 bits per heavy atom. The van der Waals surface area contributed by atoms with Gasteiger partial charge < -0.3 is 14.8 Å². The van der Waals surface area contributed by atoms with E-state index >= 15 is 0 Å². The molecular formula is C23H31Cl2NO2. The van der Waals surface area contributed by atoms with Gasteiger partial charge in [0.05, 0.1) is 17.2 Å². The van der Waals surface area contributed by atoms with Crippen LogP contribution < -0.4 is 14.8 Å². The Labute approximate surface area is 179 Å². The zero-order valence-electron chi connectivity index (χ0n) is 16.9. The Kier molecular flexibility index (Phi) is 10.6. The standard InChI is InChI=1S/C23H31Cl2NO2/c1-3-4-5-6-7-8-13-26-16-18-10-12-22(23(15-18)27-2)28-17-19-9-11-20(24)21(25)14-19/h9-12,14-15,26H,3-8,13,16-17H2,1-2H3. The fourth-order valence-electron chi connectivity index (χ4n) is 2.99. The summed E-state index contributed by atoms with van der Waals surface area (Å²) >= 11 is 12.0. The van der Waals surface area contributed by atoms with Gasteiger partial charge in [-0.05, 0) is 48.4 Å². The van der Waals surface area contributed by atoms with E-state index in [4.69, 9.17) is 32.7 Å². The largest absolute Gasteiger partial charge is 0.493 e. The molecule has 0 bridgehead atoms. The molecule has 1 N–H and O–H groups in total. The number of hydrogen-bond acceptors (Lipinski definition) is 3. The smallest absolute Gasteiger partial charge is 0.161 e. The summed E-state index contributed by atoms with van der Waals surface area (Å²) in [7, 11) is 1.66. The number of hydrogen-bond donors (Lipinski definition) is 1. The molecule has 0 radical (unpaired) electrons. The molecule has 5 heteroatoms. The quantitative estimate of drug-likeness (QED) is 0.350. The Morgan fingerprint density at radius 2 is 1.57 bits per heavy atom. The molecule has 0 amide bonds. The van der Waals surface area contributed by atoms with Crippen molar-refractivity contribution in [3.05, 3.63) is 57.6 Å². The summed E-state index contributed by atoms with van der Waals surface area (Å²) in [6.45, 7) is 4.53. The number of unbranched alkanes of at least 4 members (excludes halogenated alkanes) is 5. The molecule has 0 fully saturated rings. The maximum atomic E-state index is 6.06. The Hall–Kier alpha value is -1.42. The predicted molar refractivity (Wildman–Crippen MR) is 119 cm³/mol. The van der Waals surface area contributed by atoms with Gasteiger partial charge in [-0.1, -0.05) is 74.4 Å². The van der Waals surface area contributed by atoms with Gasteiger partial charge in [-0.3, -0.25) is 0 Å². The van der Waals surface area contributed by atoms with E-state index in [1.165, 1.54) is 44.1 Å². The van der Waals surface area contributed by atoms with Crippen molar-refractivity contribution in [1.29, 1.82) is 0 Å². The van der Waals surface area contributed by atoms with Crippen LogP contribution in [0.5, 0.6) is 11.5 Å². The summed E-state index contributed by atoms with van der Waals surface area (Å²) in [5, 5.41) is 4.58. The highest BCUT2D eigenvalue weighted by Gasteiger charge is 2.07. The molecule has 2 rings (SSSR count). The van der Waals surface area contributed by atoms with Gasteiger partial charge in [0, 0.05) is 6.54 Å². The minimum atomic E-state index is 0.406. The summed E-state index contributed by atoms with van der Waals surface area (Å²) in [5.74, 6) is 1.45. The number of ether oxygens (including phenoxy) is 2. The average Bonchev–Trinajstić information content (AvgIpc) is 2.71. The maximum absolute atomic E-state index is 6.06. The first-order valence-electron chi connectivity index (χ1n) is 10.1.